The number of thiophene rings is 1. The molecule has 0 bridgehead atoms. The molecule has 2 heterocycles. The van der Waals surface area contributed by atoms with Crippen LogP contribution in [0.15, 0.2) is 36.4 Å². The molecular weight excluding hydrogens is 496 g/mol. The lowest BCUT2D eigenvalue weighted by Crippen LogP contribution is -2.50. The molecular formula is C23H23ClN4O6S. The maximum atomic E-state index is 13.1. The van der Waals surface area contributed by atoms with Crippen molar-refractivity contribution in [3.05, 3.63) is 56.4 Å². The van der Waals surface area contributed by atoms with Crippen LogP contribution in [0, 0.1) is 10.1 Å². The molecule has 0 spiro atoms. The van der Waals surface area contributed by atoms with Gasteiger partial charge in [0.2, 0.25) is 5.91 Å². The average molecular weight is 519 g/mol. The number of methoxy groups -OCH3 is 2. The second kappa shape index (κ2) is 10.5. The van der Waals surface area contributed by atoms with E-state index in [1.54, 1.807) is 36.3 Å². The number of benzene rings is 2. The van der Waals surface area contributed by atoms with Crippen LogP contribution in [0.25, 0.3) is 10.1 Å². The van der Waals surface area contributed by atoms with Crippen LogP contribution in [0.5, 0.6) is 11.5 Å². The van der Waals surface area contributed by atoms with E-state index in [4.69, 9.17) is 21.1 Å². The normalized spacial score (nSPS) is 14.1. The first-order valence-electron chi connectivity index (χ1n) is 10.7. The van der Waals surface area contributed by atoms with E-state index < -0.39 is 4.92 Å². The molecule has 1 fully saturated rings. The van der Waals surface area contributed by atoms with Crippen LogP contribution < -0.4 is 14.8 Å². The first-order chi connectivity index (χ1) is 16.8. The molecule has 1 N–H and O–H groups in total. The van der Waals surface area contributed by atoms with Crippen LogP contribution in [-0.2, 0) is 4.79 Å². The van der Waals surface area contributed by atoms with Gasteiger partial charge in [0, 0.05) is 54.5 Å². The molecule has 10 nitrogen and oxygen atoms in total. The molecule has 1 aromatic heterocycles. The molecule has 35 heavy (non-hydrogen) atoms. The minimum absolute atomic E-state index is 0.0483. The molecule has 2 aromatic carbocycles. The Bertz CT molecular complexity index is 1290. The minimum atomic E-state index is -0.478. The molecule has 4 rings (SSSR count). The Morgan fingerprint density at radius 1 is 1.11 bits per heavy atom. The lowest BCUT2D eigenvalue weighted by Gasteiger charge is -2.34. The molecule has 3 aromatic rings. The van der Waals surface area contributed by atoms with E-state index in [0.29, 0.717) is 63.4 Å². The number of nitro groups is 1. The number of piperazine rings is 1. The highest BCUT2D eigenvalue weighted by atomic mass is 35.5. The van der Waals surface area contributed by atoms with Crippen molar-refractivity contribution in [2.45, 2.75) is 0 Å². The van der Waals surface area contributed by atoms with Gasteiger partial charge in [-0.05, 0) is 18.2 Å². The van der Waals surface area contributed by atoms with E-state index in [-0.39, 0.29) is 24.0 Å². The van der Waals surface area contributed by atoms with Gasteiger partial charge in [-0.3, -0.25) is 24.6 Å². The monoisotopic (exact) mass is 518 g/mol. The highest BCUT2D eigenvalue weighted by Gasteiger charge is 2.27. The van der Waals surface area contributed by atoms with Crippen LogP contribution in [0.2, 0.25) is 5.02 Å². The highest BCUT2D eigenvalue weighted by molar-refractivity contribution is 7.21. The maximum Gasteiger partial charge on any atom is 0.270 e. The Hall–Kier alpha value is -3.41. The van der Waals surface area contributed by atoms with Gasteiger partial charge in [-0.1, -0.05) is 11.6 Å². The lowest BCUT2D eigenvalue weighted by atomic mass is 10.2. The van der Waals surface area contributed by atoms with E-state index in [1.807, 2.05) is 4.90 Å². The van der Waals surface area contributed by atoms with Crippen LogP contribution in [-0.4, -0.2) is 73.5 Å². The van der Waals surface area contributed by atoms with Crippen molar-refractivity contribution in [1.29, 1.82) is 0 Å². The zero-order valence-corrected chi connectivity index (χ0v) is 20.6. The summed E-state index contributed by atoms with van der Waals surface area (Å²) in [5, 5.41) is 14.8. The standard InChI is InChI=1S/C23H23ClN4O6S/c1-33-15-4-6-18(34-2)17(12-15)25-20(29)13-26-7-9-27(10-8-26)23(30)22-21(24)16-5-3-14(28(31)32)11-19(16)35-22/h3-6,11-12H,7-10,13H2,1-2H3,(H,25,29). The quantitative estimate of drug-likeness (QED) is 0.373. The Morgan fingerprint density at radius 3 is 2.51 bits per heavy atom. The number of ether oxygens (including phenoxy) is 2. The summed E-state index contributed by atoms with van der Waals surface area (Å²) in [5.41, 5.74) is 0.471. The summed E-state index contributed by atoms with van der Waals surface area (Å²) in [6.45, 7) is 2.05. The first kappa shape index (κ1) is 24.7. The molecule has 1 aliphatic rings. The summed E-state index contributed by atoms with van der Waals surface area (Å²) in [4.78, 5) is 40.3. The van der Waals surface area contributed by atoms with Gasteiger partial charge in [0.15, 0.2) is 0 Å². The SMILES string of the molecule is COc1ccc(OC)c(NC(=O)CN2CCN(C(=O)c3sc4cc([N+](=O)[O-])ccc4c3Cl)CC2)c1. The molecule has 184 valence electrons. The average Bonchev–Trinajstić information content (AvgIpc) is 3.19. The fraction of sp³-hybridized carbons (Fsp3) is 0.304. The maximum absolute atomic E-state index is 13.1. The summed E-state index contributed by atoms with van der Waals surface area (Å²) < 4.78 is 11.1. The fourth-order valence-corrected chi connectivity index (χ4v) is 5.38. The largest absolute Gasteiger partial charge is 0.497 e. The summed E-state index contributed by atoms with van der Waals surface area (Å²) in [6, 6.07) is 9.52. The third kappa shape index (κ3) is 5.31. The Labute approximate surface area is 210 Å². The van der Waals surface area contributed by atoms with Crippen molar-refractivity contribution in [1.82, 2.24) is 9.80 Å². The smallest absolute Gasteiger partial charge is 0.270 e. The van der Waals surface area contributed by atoms with E-state index in [1.165, 1.54) is 19.2 Å². The molecule has 0 aliphatic carbocycles. The zero-order chi connectivity index (χ0) is 25.1. The summed E-state index contributed by atoms with van der Waals surface area (Å²) in [7, 11) is 3.07. The fourth-order valence-electron chi connectivity index (χ4n) is 3.86. The number of nitro benzene ring substituents is 1. The van der Waals surface area contributed by atoms with Crippen molar-refractivity contribution >= 4 is 56.2 Å². The van der Waals surface area contributed by atoms with E-state index >= 15 is 0 Å². The number of non-ortho nitro benzene ring substituents is 1. The predicted molar refractivity (Wildman–Crippen MR) is 134 cm³/mol. The number of anilines is 1. The number of carbonyl (C=O) groups excluding carboxylic acids is 2. The van der Waals surface area contributed by atoms with Gasteiger partial charge in [0.1, 0.15) is 16.4 Å². The zero-order valence-electron chi connectivity index (χ0n) is 19.1. The Balaban J connectivity index is 1.37. The topological polar surface area (TPSA) is 114 Å². The number of halogens is 1. The van der Waals surface area contributed by atoms with Gasteiger partial charge in [-0.15, -0.1) is 11.3 Å². The number of hydrogen-bond donors (Lipinski definition) is 1. The molecule has 0 saturated carbocycles. The van der Waals surface area contributed by atoms with E-state index in [0.717, 1.165) is 11.3 Å². The molecule has 2 amide bonds. The van der Waals surface area contributed by atoms with Gasteiger partial charge >= 0.3 is 0 Å². The van der Waals surface area contributed by atoms with Crippen molar-refractivity contribution < 1.29 is 24.0 Å². The number of hydrogen-bond acceptors (Lipinski definition) is 8. The van der Waals surface area contributed by atoms with Gasteiger partial charge < -0.3 is 19.7 Å². The third-order valence-corrected chi connectivity index (χ3v) is 7.37. The van der Waals surface area contributed by atoms with E-state index in [9.17, 15) is 19.7 Å². The number of nitrogens with zero attached hydrogens (tertiary/aromatic N) is 3. The summed E-state index contributed by atoms with van der Waals surface area (Å²) >= 11 is 7.58. The predicted octanol–water partition coefficient (Wildman–Crippen LogP) is 3.88. The number of rotatable bonds is 7. The number of nitrogens with one attached hydrogen (secondary N) is 1. The summed E-state index contributed by atoms with van der Waals surface area (Å²) in [5.74, 6) is 0.706. The Kier molecular flexibility index (Phi) is 7.39. The number of fused-ring (bicyclic) bond motifs is 1. The first-order valence-corrected chi connectivity index (χ1v) is 11.9. The molecule has 1 aliphatic heterocycles. The Morgan fingerprint density at radius 2 is 1.86 bits per heavy atom. The van der Waals surface area contributed by atoms with Crippen LogP contribution in [0.1, 0.15) is 9.67 Å². The lowest BCUT2D eigenvalue weighted by molar-refractivity contribution is -0.384. The van der Waals surface area contributed by atoms with E-state index in [2.05, 4.69) is 5.32 Å². The van der Waals surface area contributed by atoms with Crippen molar-refractivity contribution in [2.24, 2.45) is 0 Å². The van der Waals surface area contributed by atoms with Gasteiger partial charge in [0.25, 0.3) is 11.6 Å². The van der Waals surface area contributed by atoms with Crippen LogP contribution in [0.4, 0.5) is 11.4 Å². The molecule has 0 radical (unpaired) electrons. The van der Waals surface area contributed by atoms with Crippen molar-refractivity contribution in [3.63, 3.8) is 0 Å². The minimum Gasteiger partial charge on any atom is -0.497 e. The molecule has 12 heteroatoms. The van der Waals surface area contributed by atoms with Gasteiger partial charge in [-0.2, -0.15) is 0 Å². The second-order valence-corrected chi connectivity index (χ2v) is 9.30. The van der Waals surface area contributed by atoms with Gasteiger partial charge in [-0.25, -0.2) is 0 Å². The third-order valence-electron chi connectivity index (χ3n) is 5.73. The molecule has 1 saturated heterocycles. The molecule has 0 atom stereocenters. The second-order valence-electron chi connectivity index (χ2n) is 7.87. The highest BCUT2D eigenvalue weighted by Crippen LogP contribution is 2.38. The number of amides is 2. The van der Waals surface area contributed by atoms with Crippen LogP contribution >= 0.6 is 22.9 Å². The van der Waals surface area contributed by atoms with Crippen LogP contribution in [0.3, 0.4) is 0 Å². The molecule has 0 unspecified atom stereocenters. The van der Waals surface area contributed by atoms with Gasteiger partial charge in [0.05, 0.1) is 36.4 Å². The van der Waals surface area contributed by atoms with Crippen molar-refractivity contribution in [3.8, 4) is 11.5 Å². The van der Waals surface area contributed by atoms with Crippen molar-refractivity contribution in [2.75, 3.05) is 52.3 Å². The number of carbonyl (C=O) groups is 2. The summed E-state index contributed by atoms with van der Waals surface area (Å²) in [6.07, 6.45) is 0.